The fourth-order valence-electron chi connectivity index (χ4n) is 3.64. The zero-order chi connectivity index (χ0) is 25.2. The third-order valence-electron chi connectivity index (χ3n) is 5.24. The summed E-state index contributed by atoms with van der Waals surface area (Å²) in [4.78, 5) is 42.1. The number of aromatic nitrogens is 5. The molecule has 3 aromatic rings. The first-order chi connectivity index (χ1) is 16.6. The highest BCUT2D eigenvalue weighted by molar-refractivity contribution is 6.07. The molecule has 186 valence electrons. The normalized spacial score (nSPS) is 14.2. The summed E-state index contributed by atoms with van der Waals surface area (Å²) in [7, 11) is 1.79. The summed E-state index contributed by atoms with van der Waals surface area (Å²) in [6.07, 6.45) is 4.58. The standard InChI is InChI=1S/C23H30N8O4/c1-6-34-21-16(11-15-14-29(5)28-19(15)27-21)20(32)26-17-12-25-18(13-24-17)30-7-9-31(10-8-30)22(33)35-23(2,3)4/h11-14H,6-10H2,1-5H3,(H,24,26,32). The van der Waals surface area contributed by atoms with Crippen LogP contribution in [0.5, 0.6) is 5.88 Å². The zero-order valence-corrected chi connectivity index (χ0v) is 20.6. The molecule has 0 atom stereocenters. The van der Waals surface area contributed by atoms with E-state index in [-0.39, 0.29) is 17.5 Å². The lowest BCUT2D eigenvalue weighted by Crippen LogP contribution is -2.50. The number of ether oxygens (including phenoxy) is 2. The molecule has 35 heavy (non-hydrogen) atoms. The van der Waals surface area contributed by atoms with Crippen LogP contribution in [0.4, 0.5) is 16.4 Å². The van der Waals surface area contributed by atoms with E-state index in [4.69, 9.17) is 9.47 Å². The molecule has 1 N–H and O–H groups in total. The van der Waals surface area contributed by atoms with Crippen LogP contribution in [0.15, 0.2) is 24.7 Å². The summed E-state index contributed by atoms with van der Waals surface area (Å²) in [6.45, 7) is 10.00. The van der Waals surface area contributed by atoms with Gasteiger partial charge in [0.1, 0.15) is 17.0 Å². The Hall–Kier alpha value is -3.96. The van der Waals surface area contributed by atoms with E-state index >= 15 is 0 Å². The first kappa shape index (κ1) is 24.2. The molecule has 0 spiro atoms. The number of nitrogens with one attached hydrogen (secondary N) is 1. The lowest BCUT2D eigenvalue weighted by Gasteiger charge is -2.36. The van der Waals surface area contributed by atoms with Gasteiger partial charge in [0, 0.05) is 44.8 Å². The Kier molecular flexibility index (Phi) is 6.72. The number of rotatable bonds is 5. The number of carbonyl (C=O) groups is 2. The summed E-state index contributed by atoms with van der Waals surface area (Å²) in [5.74, 6) is 0.781. The van der Waals surface area contributed by atoms with E-state index in [1.165, 1.54) is 6.20 Å². The van der Waals surface area contributed by atoms with Crippen molar-refractivity contribution >= 4 is 34.7 Å². The number of carbonyl (C=O) groups excluding carboxylic acids is 2. The van der Waals surface area contributed by atoms with E-state index < -0.39 is 11.5 Å². The third-order valence-corrected chi connectivity index (χ3v) is 5.24. The van der Waals surface area contributed by atoms with Gasteiger partial charge in [-0.15, -0.1) is 0 Å². The molecule has 0 saturated carbocycles. The monoisotopic (exact) mass is 482 g/mol. The highest BCUT2D eigenvalue weighted by Crippen LogP contribution is 2.23. The predicted octanol–water partition coefficient (Wildman–Crippen LogP) is 2.47. The second-order valence-electron chi connectivity index (χ2n) is 9.16. The first-order valence-electron chi connectivity index (χ1n) is 11.5. The van der Waals surface area contributed by atoms with Crippen LogP contribution < -0.4 is 15.0 Å². The number of piperazine rings is 1. The molecule has 12 heteroatoms. The van der Waals surface area contributed by atoms with Crippen LogP contribution >= 0.6 is 0 Å². The molecule has 1 saturated heterocycles. The van der Waals surface area contributed by atoms with Crippen molar-refractivity contribution in [3.63, 3.8) is 0 Å². The SMILES string of the molecule is CCOc1nc2nn(C)cc2cc1C(=O)Nc1cnc(N2CCN(C(=O)OC(C)(C)C)CC2)cn1. The van der Waals surface area contributed by atoms with Crippen molar-refractivity contribution in [3.8, 4) is 5.88 Å². The number of hydrogen-bond acceptors (Lipinski definition) is 9. The minimum absolute atomic E-state index is 0.212. The maximum absolute atomic E-state index is 13.0. The van der Waals surface area contributed by atoms with Gasteiger partial charge in [0.2, 0.25) is 5.88 Å². The van der Waals surface area contributed by atoms with Gasteiger partial charge in [-0.05, 0) is 33.8 Å². The van der Waals surface area contributed by atoms with Gasteiger partial charge in [0.15, 0.2) is 11.5 Å². The fourth-order valence-corrected chi connectivity index (χ4v) is 3.64. The molecule has 4 heterocycles. The average Bonchev–Trinajstić information content (AvgIpc) is 3.17. The lowest BCUT2D eigenvalue weighted by molar-refractivity contribution is 0.0240. The zero-order valence-electron chi connectivity index (χ0n) is 20.6. The van der Waals surface area contributed by atoms with E-state index in [0.717, 1.165) is 5.39 Å². The summed E-state index contributed by atoms with van der Waals surface area (Å²) in [5, 5.41) is 7.75. The fraction of sp³-hybridized carbons (Fsp3) is 0.478. The van der Waals surface area contributed by atoms with Gasteiger partial charge in [-0.25, -0.2) is 14.8 Å². The van der Waals surface area contributed by atoms with Crippen molar-refractivity contribution < 1.29 is 19.1 Å². The Labute approximate surface area is 203 Å². The topological polar surface area (TPSA) is 128 Å². The Balaban J connectivity index is 1.40. The summed E-state index contributed by atoms with van der Waals surface area (Å²) < 4.78 is 12.6. The summed E-state index contributed by atoms with van der Waals surface area (Å²) in [6, 6.07) is 1.70. The maximum atomic E-state index is 13.0. The largest absolute Gasteiger partial charge is 0.477 e. The molecule has 4 rings (SSSR count). The molecule has 0 radical (unpaired) electrons. The van der Waals surface area contributed by atoms with E-state index in [2.05, 4.69) is 25.4 Å². The molecular weight excluding hydrogens is 452 g/mol. The van der Waals surface area contributed by atoms with E-state index in [1.54, 1.807) is 35.1 Å². The van der Waals surface area contributed by atoms with E-state index in [1.807, 2.05) is 32.6 Å². The van der Waals surface area contributed by atoms with Gasteiger partial charge in [-0.2, -0.15) is 10.1 Å². The number of nitrogens with zero attached hydrogens (tertiary/aromatic N) is 7. The molecule has 3 aromatic heterocycles. The minimum atomic E-state index is -0.525. The summed E-state index contributed by atoms with van der Waals surface area (Å²) in [5.41, 5.74) is 0.267. The molecule has 12 nitrogen and oxygen atoms in total. The number of amides is 2. The lowest BCUT2D eigenvalue weighted by atomic mass is 10.2. The molecular formula is C23H30N8O4. The van der Waals surface area contributed by atoms with Gasteiger partial charge >= 0.3 is 6.09 Å². The third kappa shape index (κ3) is 5.76. The Bertz CT molecular complexity index is 1210. The highest BCUT2D eigenvalue weighted by Gasteiger charge is 2.26. The van der Waals surface area contributed by atoms with Crippen molar-refractivity contribution in [1.82, 2.24) is 29.6 Å². The Morgan fingerprint density at radius 1 is 1.11 bits per heavy atom. The molecule has 1 fully saturated rings. The second-order valence-corrected chi connectivity index (χ2v) is 9.16. The van der Waals surface area contributed by atoms with Crippen LogP contribution in [0.2, 0.25) is 0 Å². The average molecular weight is 483 g/mol. The van der Waals surface area contributed by atoms with Crippen molar-refractivity contribution in [1.29, 1.82) is 0 Å². The highest BCUT2D eigenvalue weighted by atomic mass is 16.6. The van der Waals surface area contributed by atoms with Crippen LogP contribution in [0.1, 0.15) is 38.1 Å². The van der Waals surface area contributed by atoms with Gasteiger partial charge in [-0.3, -0.25) is 9.48 Å². The molecule has 0 aliphatic carbocycles. The van der Waals surface area contributed by atoms with E-state index in [0.29, 0.717) is 50.1 Å². The quantitative estimate of drug-likeness (QED) is 0.583. The van der Waals surface area contributed by atoms with Crippen molar-refractivity contribution in [2.45, 2.75) is 33.3 Å². The molecule has 1 aliphatic heterocycles. The van der Waals surface area contributed by atoms with Crippen LogP contribution in [-0.4, -0.2) is 80.0 Å². The van der Waals surface area contributed by atoms with Crippen molar-refractivity contribution in [2.24, 2.45) is 7.05 Å². The minimum Gasteiger partial charge on any atom is -0.477 e. The smallest absolute Gasteiger partial charge is 0.410 e. The van der Waals surface area contributed by atoms with Crippen LogP contribution in [0, 0.1) is 0 Å². The number of hydrogen-bond donors (Lipinski definition) is 1. The number of pyridine rings is 1. The van der Waals surface area contributed by atoms with Gasteiger partial charge in [0.25, 0.3) is 5.91 Å². The van der Waals surface area contributed by atoms with Crippen LogP contribution in [-0.2, 0) is 11.8 Å². The van der Waals surface area contributed by atoms with Gasteiger partial charge < -0.3 is 24.6 Å². The predicted molar refractivity (Wildman–Crippen MR) is 130 cm³/mol. The first-order valence-corrected chi connectivity index (χ1v) is 11.5. The number of fused-ring (bicyclic) bond motifs is 1. The Morgan fingerprint density at radius 2 is 1.86 bits per heavy atom. The summed E-state index contributed by atoms with van der Waals surface area (Å²) >= 11 is 0. The number of anilines is 2. The maximum Gasteiger partial charge on any atom is 0.410 e. The molecule has 0 aromatic carbocycles. The molecule has 2 amide bonds. The van der Waals surface area contributed by atoms with Crippen molar-refractivity contribution in [3.05, 3.63) is 30.2 Å². The second kappa shape index (κ2) is 9.72. The van der Waals surface area contributed by atoms with E-state index in [9.17, 15) is 9.59 Å². The number of aryl methyl sites for hydroxylation is 1. The van der Waals surface area contributed by atoms with Crippen LogP contribution in [0.25, 0.3) is 11.0 Å². The molecule has 1 aliphatic rings. The van der Waals surface area contributed by atoms with Crippen LogP contribution in [0.3, 0.4) is 0 Å². The molecule has 0 bridgehead atoms. The molecule has 0 unspecified atom stereocenters. The van der Waals surface area contributed by atoms with Gasteiger partial charge in [-0.1, -0.05) is 0 Å². The van der Waals surface area contributed by atoms with Crippen molar-refractivity contribution in [2.75, 3.05) is 43.0 Å². The Morgan fingerprint density at radius 3 is 2.49 bits per heavy atom. The van der Waals surface area contributed by atoms with Gasteiger partial charge in [0.05, 0.1) is 19.0 Å².